The molecule has 0 amide bonds. The molecule has 0 saturated heterocycles. The molecule has 0 aliphatic heterocycles. The number of hydrogen-bond acceptors (Lipinski definition) is 5. The molecular formula is C13H16N4O3. The summed E-state index contributed by atoms with van der Waals surface area (Å²) in [6, 6.07) is 3.20. The first-order chi connectivity index (χ1) is 9.20. The van der Waals surface area contributed by atoms with Crippen LogP contribution in [0.2, 0.25) is 0 Å². The molecule has 1 aromatic carbocycles. The Labute approximate surface area is 116 Å². The molecule has 0 radical (unpaired) electrons. The summed E-state index contributed by atoms with van der Waals surface area (Å²) in [6.45, 7) is 6.74. The van der Waals surface area contributed by atoms with Crippen LogP contribution in [0.1, 0.15) is 30.7 Å². The fraction of sp³-hybridized carbons (Fsp3) is 0.385. The molecule has 2 rings (SSSR count). The molecule has 1 heterocycles. The minimum absolute atomic E-state index is 0.0332. The van der Waals surface area contributed by atoms with E-state index in [1.807, 2.05) is 6.92 Å². The number of rotatable bonds is 3. The Bertz CT molecular complexity index is 671. The van der Waals surface area contributed by atoms with Crippen LogP contribution < -0.4 is 0 Å². The smallest absolute Gasteiger partial charge is 0.274 e. The summed E-state index contributed by atoms with van der Waals surface area (Å²) < 4.78 is 1.44. The highest BCUT2D eigenvalue weighted by molar-refractivity contribution is 5.53. The number of aryl methyl sites for hydroxylation is 2. The van der Waals surface area contributed by atoms with E-state index in [0.29, 0.717) is 16.9 Å². The maximum atomic E-state index is 11.0. The average molecular weight is 276 g/mol. The fourth-order valence-electron chi connectivity index (χ4n) is 1.94. The van der Waals surface area contributed by atoms with E-state index in [2.05, 4.69) is 10.3 Å². The Hall–Kier alpha value is -2.28. The lowest BCUT2D eigenvalue weighted by atomic mass is 10.1. The zero-order valence-corrected chi connectivity index (χ0v) is 11.8. The van der Waals surface area contributed by atoms with Crippen LogP contribution in [0.25, 0.3) is 5.69 Å². The van der Waals surface area contributed by atoms with Crippen LogP contribution in [0, 0.1) is 24.0 Å². The van der Waals surface area contributed by atoms with Crippen molar-refractivity contribution in [2.45, 2.75) is 33.3 Å². The molecule has 0 aliphatic carbocycles. The van der Waals surface area contributed by atoms with E-state index in [-0.39, 0.29) is 5.69 Å². The summed E-state index contributed by atoms with van der Waals surface area (Å²) in [7, 11) is 0. The van der Waals surface area contributed by atoms with Crippen LogP contribution in [-0.2, 0) is 5.60 Å². The van der Waals surface area contributed by atoms with Crippen molar-refractivity contribution < 1.29 is 10.0 Å². The van der Waals surface area contributed by atoms with Crippen molar-refractivity contribution in [1.82, 2.24) is 15.0 Å². The van der Waals surface area contributed by atoms with E-state index >= 15 is 0 Å². The summed E-state index contributed by atoms with van der Waals surface area (Å²) in [5.41, 5.74) is 1.35. The topological polar surface area (TPSA) is 94.1 Å². The molecule has 0 unspecified atom stereocenters. The Kier molecular flexibility index (Phi) is 3.31. The van der Waals surface area contributed by atoms with Crippen molar-refractivity contribution in [3.05, 3.63) is 45.3 Å². The summed E-state index contributed by atoms with van der Waals surface area (Å²) in [6.07, 6.45) is 1.57. The quantitative estimate of drug-likeness (QED) is 0.683. The van der Waals surface area contributed by atoms with Crippen molar-refractivity contribution >= 4 is 5.69 Å². The number of nitro benzene ring substituents is 1. The van der Waals surface area contributed by atoms with Gasteiger partial charge in [-0.25, -0.2) is 4.68 Å². The second kappa shape index (κ2) is 4.68. The first-order valence-corrected chi connectivity index (χ1v) is 6.11. The molecule has 0 aliphatic rings. The Balaban J connectivity index is 2.55. The van der Waals surface area contributed by atoms with Gasteiger partial charge in [0, 0.05) is 11.6 Å². The largest absolute Gasteiger partial charge is 0.384 e. The molecule has 1 N–H and O–H groups in total. The van der Waals surface area contributed by atoms with Gasteiger partial charge in [0.2, 0.25) is 0 Å². The number of nitrogens with zero attached hydrogens (tertiary/aromatic N) is 4. The van der Waals surface area contributed by atoms with Gasteiger partial charge >= 0.3 is 0 Å². The summed E-state index contributed by atoms with van der Waals surface area (Å²) >= 11 is 0. The summed E-state index contributed by atoms with van der Waals surface area (Å²) in [4.78, 5) is 10.6. The summed E-state index contributed by atoms with van der Waals surface area (Å²) in [5.74, 6) is 0. The van der Waals surface area contributed by atoms with Crippen molar-refractivity contribution in [3.63, 3.8) is 0 Å². The molecule has 7 nitrogen and oxygen atoms in total. The van der Waals surface area contributed by atoms with E-state index < -0.39 is 10.5 Å². The highest BCUT2D eigenvalue weighted by Crippen LogP contribution is 2.26. The van der Waals surface area contributed by atoms with Crippen molar-refractivity contribution in [3.8, 4) is 5.69 Å². The predicted molar refractivity (Wildman–Crippen MR) is 72.7 cm³/mol. The molecule has 0 atom stereocenters. The number of aliphatic hydroxyl groups is 1. The molecule has 0 fully saturated rings. The molecule has 0 saturated carbocycles. The first-order valence-electron chi connectivity index (χ1n) is 6.11. The van der Waals surface area contributed by atoms with E-state index in [9.17, 15) is 15.2 Å². The number of nitro groups is 1. The minimum atomic E-state index is -1.11. The zero-order valence-electron chi connectivity index (χ0n) is 11.8. The van der Waals surface area contributed by atoms with E-state index in [0.717, 1.165) is 5.56 Å². The maximum absolute atomic E-state index is 11.0. The number of aromatic nitrogens is 3. The predicted octanol–water partition coefficient (Wildman–Crippen LogP) is 2.02. The van der Waals surface area contributed by atoms with E-state index in [4.69, 9.17) is 0 Å². The van der Waals surface area contributed by atoms with Crippen LogP contribution in [-0.4, -0.2) is 25.0 Å². The third kappa shape index (κ3) is 2.53. The molecule has 2 aromatic rings. The lowest BCUT2D eigenvalue weighted by Gasteiger charge is -2.12. The maximum Gasteiger partial charge on any atom is 0.274 e. The first kappa shape index (κ1) is 14.1. The van der Waals surface area contributed by atoms with Gasteiger partial charge in [0.05, 0.1) is 16.8 Å². The monoisotopic (exact) mass is 276 g/mol. The highest BCUT2D eigenvalue weighted by atomic mass is 16.6. The number of benzene rings is 1. The second-order valence-corrected chi connectivity index (χ2v) is 5.29. The second-order valence-electron chi connectivity index (χ2n) is 5.29. The van der Waals surface area contributed by atoms with Gasteiger partial charge in [-0.15, -0.1) is 5.10 Å². The lowest BCUT2D eigenvalue weighted by molar-refractivity contribution is -0.385. The Morgan fingerprint density at radius 2 is 1.95 bits per heavy atom. The van der Waals surface area contributed by atoms with Gasteiger partial charge < -0.3 is 5.11 Å². The van der Waals surface area contributed by atoms with Gasteiger partial charge in [0.1, 0.15) is 11.3 Å². The zero-order chi connectivity index (χ0) is 15.1. The fourth-order valence-corrected chi connectivity index (χ4v) is 1.94. The van der Waals surface area contributed by atoms with E-state index in [1.54, 1.807) is 33.0 Å². The SMILES string of the molecule is Cc1cc(C)c([N+](=O)[O-])cc1-n1cc(C(C)(C)O)nn1. The lowest BCUT2D eigenvalue weighted by Crippen LogP contribution is -2.15. The van der Waals surface area contributed by atoms with Crippen LogP contribution in [0.4, 0.5) is 5.69 Å². The third-order valence-corrected chi connectivity index (χ3v) is 3.08. The Morgan fingerprint density at radius 1 is 1.30 bits per heavy atom. The van der Waals surface area contributed by atoms with Gasteiger partial charge in [-0.2, -0.15) is 0 Å². The molecule has 1 aromatic heterocycles. The minimum Gasteiger partial charge on any atom is -0.384 e. The van der Waals surface area contributed by atoms with Gasteiger partial charge in [0.15, 0.2) is 0 Å². The molecule has 20 heavy (non-hydrogen) atoms. The highest BCUT2D eigenvalue weighted by Gasteiger charge is 2.22. The van der Waals surface area contributed by atoms with Crippen molar-refractivity contribution in [2.24, 2.45) is 0 Å². The van der Waals surface area contributed by atoms with Crippen LogP contribution >= 0.6 is 0 Å². The molecule has 7 heteroatoms. The standard InChI is InChI=1S/C13H16N4O3/c1-8-5-9(2)11(17(19)20)6-10(8)16-7-12(14-15-16)13(3,4)18/h5-7,18H,1-4H3. The Morgan fingerprint density at radius 3 is 2.45 bits per heavy atom. The summed E-state index contributed by atoms with van der Waals surface area (Å²) in [5, 5.41) is 28.7. The van der Waals surface area contributed by atoms with E-state index in [1.165, 1.54) is 10.7 Å². The average Bonchev–Trinajstić information content (AvgIpc) is 2.77. The van der Waals surface area contributed by atoms with Crippen LogP contribution in [0.3, 0.4) is 0 Å². The van der Waals surface area contributed by atoms with Crippen molar-refractivity contribution in [1.29, 1.82) is 0 Å². The molecule has 106 valence electrons. The molecular weight excluding hydrogens is 260 g/mol. The van der Waals surface area contributed by atoms with Gasteiger partial charge in [0.25, 0.3) is 5.69 Å². The van der Waals surface area contributed by atoms with Crippen LogP contribution in [0.5, 0.6) is 0 Å². The van der Waals surface area contributed by atoms with Crippen LogP contribution in [0.15, 0.2) is 18.3 Å². The number of hydrogen-bond donors (Lipinski definition) is 1. The third-order valence-electron chi connectivity index (χ3n) is 3.08. The van der Waals surface area contributed by atoms with Gasteiger partial charge in [-0.05, 0) is 39.3 Å². The molecule has 0 spiro atoms. The van der Waals surface area contributed by atoms with Gasteiger partial charge in [-0.1, -0.05) is 5.21 Å². The normalized spacial score (nSPS) is 11.7. The molecule has 0 bridgehead atoms. The van der Waals surface area contributed by atoms with Crippen molar-refractivity contribution in [2.75, 3.05) is 0 Å². The van der Waals surface area contributed by atoms with Gasteiger partial charge in [-0.3, -0.25) is 10.1 Å².